The fraction of sp³-hybridized carbons (Fsp3) is 0.350. The van der Waals surface area contributed by atoms with Crippen molar-refractivity contribution < 1.29 is 14.6 Å². The van der Waals surface area contributed by atoms with E-state index >= 15 is 0 Å². The van der Waals surface area contributed by atoms with Crippen molar-refractivity contribution in [2.24, 2.45) is 0 Å². The SMILES string of the molecule is COC(=O)Cc1ccc(NCC(C)NCC(O)c2cccc(Cl)c2)cc1. The number of esters is 1. The first-order valence-electron chi connectivity index (χ1n) is 8.54. The van der Waals surface area contributed by atoms with Crippen molar-refractivity contribution in [1.82, 2.24) is 5.32 Å². The summed E-state index contributed by atoms with van der Waals surface area (Å²) in [5, 5.41) is 17.5. The van der Waals surface area contributed by atoms with E-state index in [1.807, 2.05) is 43.3 Å². The summed E-state index contributed by atoms with van der Waals surface area (Å²) in [4.78, 5) is 11.3. The molecule has 2 rings (SSSR count). The highest BCUT2D eigenvalue weighted by Gasteiger charge is 2.10. The summed E-state index contributed by atoms with van der Waals surface area (Å²) < 4.78 is 4.66. The van der Waals surface area contributed by atoms with Gasteiger partial charge in [-0.25, -0.2) is 0 Å². The summed E-state index contributed by atoms with van der Waals surface area (Å²) in [6.07, 6.45) is -0.329. The molecule has 26 heavy (non-hydrogen) atoms. The zero-order valence-electron chi connectivity index (χ0n) is 15.0. The average molecular weight is 377 g/mol. The van der Waals surface area contributed by atoms with Gasteiger partial charge in [-0.1, -0.05) is 35.9 Å². The number of benzene rings is 2. The molecule has 2 aromatic rings. The molecular formula is C20H25ClN2O3. The fourth-order valence-corrected chi connectivity index (χ4v) is 2.67. The topological polar surface area (TPSA) is 70.6 Å². The lowest BCUT2D eigenvalue weighted by Gasteiger charge is -2.18. The van der Waals surface area contributed by atoms with Gasteiger partial charge < -0.3 is 20.5 Å². The lowest BCUT2D eigenvalue weighted by molar-refractivity contribution is -0.139. The first-order valence-corrected chi connectivity index (χ1v) is 8.92. The quantitative estimate of drug-likeness (QED) is 0.586. The highest BCUT2D eigenvalue weighted by atomic mass is 35.5. The summed E-state index contributed by atoms with van der Waals surface area (Å²) in [5.41, 5.74) is 2.69. The van der Waals surface area contributed by atoms with E-state index < -0.39 is 6.10 Å². The van der Waals surface area contributed by atoms with Gasteiger partial charge in [-0.2, -0.15) is 0 Å². The Bertz CT molecular complexity index is 706. The van der Waals surface area contributed by atoms with Crippen LogP contribution in [0.25, 0.3) is 0 Å². The van der Waals surface area contributed by atoms with E-state index in [4.69, 9.17) is 11.6 Å². The molecule has 0 aromatic heterocycles. The van der Waals surface area contributed by atoms with Crippen LogP contribution in [0.3, 0.4) is 0 Å². The molecule has 6 heteroatoms. The first-order chi connectivity index (χ1) is 12.5. The van der Waals surface area contributed by atoms with Crippen molar-refractivity contribution in [1.29, 1.82) is 0 Å². The Balaban J connectivity index is 1.74. The standard InChI is InChI=1S/C20H25ClN2O3/c1-14(22-13-19(24)16-4-3-5-17(21)11-16)12-23-18-8-6-15(7-9-18)10-20(25)26-2/h3-9,11,14,19,22-24H,10,12-13H2,1-2H3. The van der Waals surface area contributed by atoms with Crippen LogP contribution >= 0.6 is 11.6 Å². The van der Waals surface area contributed by atoms with Crippen molar-refractivity contribution in [3.8, 4) is 0 Å². The number of hydrogen-bond donors (Lipinski definition) is 3. The Morgan fingerprint density at radius 1 is 1.19 bits per heavy atom. The van der Waals surface area contributed by atoms with Gasteiger partial charge in [0, 0.05) is 29.8 Å². The van der Waals surface area contributed by atoms with Gasteiger partial charge in [-0.05, 0) is 42.3 Å². The third-order valence-corrected chi connectivity index (χ3v) is 4.27. The molecule has 2 atom stereocenters. The number of halogens is 1. The first kappa shape index (κ1) is 20.2. The molecule has 0 radical (unpaired) electrons. The predicted molar refractivity (Wildman–Crippen MR) is 105 cm³/mol. The van der Waals surface area contributed by atoms with Crippen LogP contribution < -0.4 is 10.6 Å². The van der Waals surface area contributed by atoms with Gasteiger partial charge in [0.05, 0.1) is 19.6 Å². The number of carbonyl (C=O) groups is 1. The molecule has 0 saturated carbocycles. The Hall–Kier alpha value is -2.08. The Kier molecular flexibility index (Phi) is 7.91. The van der Waals surface area contributed by atoms with Gasteiger partial charge in [0.1, 0.15) is 0 Å². The van der Waals surface area contributed by atoms with Crippen LogP contribution in [0.5, 0.6) is 0 Å². The molecule has 0 aliphatic rings. The highest BCUT2D eigenvalue weighted by Crippen LogP contribution is 2.17. The number of hydrogen-bond acceptors (Lipinski definition) is 5. The van der Waals surface area contributed by atoms with Gasteiger partial charge in [0.15, 0.2) is 0 Å². The van der Waals surface area contributed by atoms with Crippen LogP contribution in [0.2, 0.25) is 5.02 Å². The third kappa shape index (κ3) is 6.67. The normalized spacial score (nSPS) is 13.1. The van der Waals surface area contributed by atoms with Gasteiger partial charge in [0.25, 0.3) is 0 Å². The number of aliphatic hydroxyl groups is 1. The van der Waals surface area contributed by atoms with E-state index in [0.717, 1.165) is 16.8 Å². The average Bonchev–Trinajstić information content (AvgIpc) is 2.65. The van der Waals surface area contributed by atoms with Crippen LogP contribution in [0.15, 0.2) is 48.5 Å². The van der Waals surface area contributed by atoms with E-state index in [2.05, 4.69) is 15.4 Å². The summed E-state index contributed by atoms with van der Waals surface area (Å²) in [5.74, 6) is -0.248. The van der Waals surface area contributed by atoms with Gasteiger partial charge >= 0.3 is 5.97 Å². The van der Waals surface area contributed by atoms with E-state index in [0.29, 0.717) is 18.1 Å². The van der Waals surface area contributed by atoms with Gasteiger partial charge in [-0.3, -0.25) is 4.79 Å². The molecule has 0 bridgehead atoms. The summed E-state index contributed by atoms with van der Waals surface area (Å²) in [7, 11) is 1.38. The molecule has 2 aromatic carbocycles. The van der Waals surface area contributed by atoms with Crippen molar-refractivity contribution in [2.45, 2.75) is 25.5 Å². The highest BCUT2D eigenvalue weighted by molar-refractivity contribution is 6.30. The van der Waals surface area contributed by atoms with E-state index in [-0.39, 0.29) is 18.4 Å². The van der Waals surface area contributed by atoms with Crippen LogP contribution in [0, 0.1) is 0 Å². The fourth-order valence-electron chi connectivity index (χ4n) is 2.47. The second kappa shape index (κ2) is 10.2. The summed E-state index contributed by atoms with van der Waals surface area (Å²) >= 11 is 5.95. The maximum Gasteiger partial charge on any atom is 0.309 e. The molecule has 3 N–H and O–H groups in total. The smallest absolute Gasteiger partial charge is 0.309 e. The number of rotatable bonds is 9. The number of ether oxygens (including phenoxy) is 1. The zero-order chi connectivity index (χ0) is 18.9. The van der Waals surface area contributed by atoms with Crippen molar-refractivity contribution in [2.75, 3.05) is 25.5 Å². The maximum absolute atomic E-state index is 11.3. The molecule has 5 nitrogen and oxygen atoms in total. The molecule has 0 saturated heterocycles. The number of aliphatic hydroxyl groups excluding tert-OH is 1. The van der Waals surface area contributed by atoms with Crippen molar-refractivity contribution in [3.63, 3.8) is 0 Å². The largest absolute Gasteiger partial charge is 0.469 e. The molecule has 2 unspecified atom stereocenters. The Labute approximate surface area is 159 Å². The van der Waals surface area contributed by atoms with Gasteiger partial charge in [-0.15, -0.1) is 0 Å². The molecule has 140 valence electrons. The summed E-state index contributed by atoms with van der Waals surface area (Å²) in [6.45, 7) is 3.20. The monoisotopic (exact) mass is 376 g/mol. The lowest BCUT2D eigenvalue weighted by atomic mass is 10.1. The maximum atomic E-state index is 11.3. The molecule has 0 aliphatic carbocycles. The van der Waals surface area contributed by atoms with E-state index in [1.54, 1.807) is 12.1 Å². The minimum absolute atomic E-state index is 0.165. The predicted octanol–water partition coefficient (Wildman–Crippen LogP) is 3.18. The minimum atomic E-state index is -0.603. The molecule has 0 heterocycles. The number of carbonyl (C=O) groups excluding carboxylic acids is 1. The second-order valence-electron chi connectivity index (χ2n) is 6.21. The Morgan fingerprint density at radius 3 is 2.58 bits per heavy atom. The molecule has 0 aliphatic heterocycles. The van der Waals surface area contributed by atoms with Crippen LogP contribution in [0.1, 0.15) is 24.2 Å². The third-order valence-electron chi connectivity index (χ3n) is 4.04. The lowest BCUT2D eigenvalue weighted by Crippen LogP contribution is -2.35. The van der Waals surface area contributed by atoms with E-state index in [9.17, 15) is 9.90 Å². The zero-order valence-corrected chi connectivity index (χ0v) is 15.8. The van der Waals surface area contributed by atoms with E-state index in [1.165, 1.54) is 7.11 Å². The minimum Gasteiger partial charge on any atom is -0.469 e. The summed E-state index contributed by atoms with van der Waals surface area (Å²) in [6, 6.07) is 15.1. The number of anilines is 1. The molecule has 0 fully saturated rings. The van der Waals surface area contributed by atoms with Crippen molar-refractivity contribution >= 4 is 23.3 Å². The molecule has 0 spiro atoms. The van der Waals surface area contributed by atoms with Gasteiger partial charge in [0.2, 0.25) is 0 Å². The molecule has 0 amide bonds. The van der Waals surface area contributed by atoms with Crippen LogP contribution in [-0.4, -0.2) is 37.3 Å². The Morgan fingerprint density at radius 2 is 1.92 bits per heavy atom. The van der Waals surface area contributed by atoms with Crippen LogP contribution in [-0.2, 0) is 16.0 Å². The number of methoxy groups -OCH3 is 1. The second-order valence-corrected chi connectivity index (χ2v) is 6.65. The molecular weight excluding hydrogens is 352 g/mol. The number of nitrogens with one attached hydrogen (secondary N) is 2. The van der Waals surface area contributed by atoms with Crippen LogP contribution in [0.4, 0.5) is 5.69 Å². The van der Waals surface area contributed by atoms with Crippen molar-refractivity contribution in [3.05, 3.63) is 64.7 Å².